The first-order valence-electron chi connectivity index (χ1n) is 9.70. The Bertz CT molecular complexity index is 1390. The molecule has 0 aliphatic carbocycles. The zero-order chi connectivity index (χ0) is 21.4. The van der Waals surface area contributed by atoms with Crippen LogP contribution in [0.3, 0.4) is 0 Å². The predicted octanol–water partition coefficient (Wildman–Crippen LogP) is 4.32. The molecule has 8 heteroatoms. The number of anilines is 1. The fourth-order valence-corrected chi connectivity index (χ4v) is 3.40. The second-order valence-electron chi connectivity index (χ2n) is 7.11. The minimum Gasteiger partial charge on any atom is -0.466 e. The zero-order valence-electron chi connectivity index (χ0n) is 16.9. The summed E-state index contributed by atoms with van der Waals surface area (Å²) in [5.41, 5.74) is 4.44. The van der Waals surface area contributed by atoms with Crippen LogP contribution in [0.4, 0.5) is 5.69 Å². The van der Waals surface area contributed by atoms with Crippen LogP contribution in [0.2, 0.25) is 0 Å². The lowest BCUT2D eigenvalue weighted by Crippen LogP contribution is -2.12. The van der Waals surface area contributed by atoms with Gasteiger partial charge in [0, 0.05) is 29.2 Å². The molecule has 4 aromatic heterocycles. The molecule has 1 amide bonds. The van der Waals surface area contributed by atoms with Gasteiger partial charge in [-0.1, -0.05) is 12.1 Å². The Balaban J connectivity index is 1.42. The minimum absolute atomic E-state index is 0.201. The summed E-state index contributed by atoms with van der Waals surface area (Å²) in [6, 6.07) is 16.7. The van der Waals surface area contributed by atoms with Gasteiger partial charge in [-0.25, -0.2) is 0 Å². The predicted molar refractivity (Wildman–Crippen MR) is 116 cm³/mol. The maximum absolute atomic E-state index is 12.5. The number of rotatable bonds is 4. The third-order valence-electron chi connectivity index (χ3n) is 4.93. The van der Waals surface area contributed by atoms with Crippen molar-refractivity contribution < 1.29 is 9.21 Å². The normalized spacial score (nSPS) is 11.0. The highest BCUT2D eigenvalue weighted by molar-refractivity contribution is 6.05. The maximum Gasteiger partial charge on any atom is 0.259 e. The Morgan fingerprint density at radius 3 is 2.42 bits per heavy atom. The van der Waals surface area contributed by atoms with E-state index in [9.17, 15) is 4.79 Å². The lowest BCUT2D eigenvalue weighted by Gasteiger charge is -2.07. The van der Waals surface area contributed by atoms with Gasteiger partial charge in [0.05, 0.1) is 11.3 Å². The van der Waals surface area contributed by atoms with Gasteiger partial charge in [-0.15, -0.1) is 10.2 Å². The van der Waals surface area contributed by atoms with E-state index >= 15 is 0 Å². The van der Waals surface area contributed by atoms with Gasteiger partial charge in [0.1, 0.15) is 11.5 Å². The summed E-state index contributed by atoms with van der Waals surface area (Å²) in [5, 5.41) is 16.0. The Hall–Kier alpha value is -4.33. The highest BCUT2D eigenvalue weighted by atomic mass is 16.3. The average Bonchev–Trinajstić information content (AvgIpc) is 3.36. The Labute approximate surface area is 177 Å². The SMILES string of the molecule is Cc1cc(C(=O)Nc2ccc(-c3ccc4nnc(-c5ccncc5)n4n3)cc2)c(C)o1. The number of carbonyl (C=O) groups is 1. The molecule has 5 aromatic rings. The highest BCUT2D eigenvalue weighted by Crippen LogP contribution is 2.23. The number of nitrogens with one attached hydrogen (secondary N) is 1. The van der Waals surface area contributed by atoms with Gasteiger partial charge in [0.15, 0.2) is 11.5 Å². The second kappa shape index (κ2) is 7.49. The quantitative estimate of drug-likeness (QED) is 0.474. The number of aryl methyl sites for hydroxylation is 2. The summed E-state index contributed by atoms with van der Waals surface area (Å²) >= 11 is 0. The van der Waals surface area contributed by atoms with Gasteiger partial charge >= 0.3 is 0 Å². The van der Waals surface area contributed by atoms with E-state index in [1.54, 1.807) is 29.9 Å². The Morgan fingerprint density at radius 1 is 0.935 bits per heavy atom. The molecule has 0 saturated carbocycles. The lowest BCUT2D eigenvalue weighted by atomic mass is 10.1. The summed E-state index contributed by atoms with van der Waals surface area (Å²) < 4.78 is 7.15. The number of aromatic nitrogens is 5. The third kappa shape index (κ3) is 3.55. The van der Waals surface area contributed by atoms with Crippen molar-refractivity contribution in [2.45, 2.75) is 13.8 Å². The molecule has 1 N–H and O–H groups in total. The Morgan fingerprint density at radius 2 is 1.71 bits per heavy atom. The number of carbonyl (C=O) groups excluding carboxylic acids is 1. The molecular formula is C23H18N6O2. The van der Waals surface area contributed by atoms with Crippen molar-refractivity contribution in [3.63, 3.8) is 0 Å². The third-order valence-corrected chi connectivity index (χ3v) is 4.93. The molecule has 8 nitrogen and oxygen atoms in total. The molecule has 1 aromatic carbocycles. The molecule has 0 aliphatic heterocycles. The van der Waals surface area contributed by atoms with Crippen LogP contribution in [0, 0.1) is 13.8 Å². The molecule has 0 bridgehead atoms. The van der Waals surface area contributed by atoms with Gasteiger partial charge < -0.3 is 9.73 Å². The standard InChI is InChI=1S/C23H18N6O2/c1-14-13-19(15(2)31-14)23(30)25-18-5-3-16(4-6-18)20-7-8-21-26-27-22(29(21)28-20)17-9-11-24-12-10-17/h3-13H,1-2H3,(H,25,30). The van der Waals surface area contributed by atoms with Crippen LogP contribution in [-0.2, 0) is 0 Å². The van der Waals surface area contributed by atoms with Crippen LogP contribution < -0.4 is 5.32 Å². The van der Waals surface area contributed by atoms with Crippen molar-refractivity contribution in [2.75, 3.05) is 5.32 Å². The molecule has 0 radical (unpaired) electrons. The van der Waals surface area contributed by atoms with Gasteiger partial charge in [-0.3, -0.25) is 9.78 Å². The van der Waals surface area contributed by atoms with Crippen LogP contribution in [0.1, 0.15) is 21.9 Å². The molecule has 0 unspecified atom stereocenters. The van der Waals surface area contributed by atoms with Crippen molar-refractivity contribution in [3.8, 4) is 22.6 Å². The van der Waals surface area contributed by atoms with Crippen LogP contribution in [0.5, 0.6) is 0 Å². The van der Waals surface area contributed by atoms with Gasteiger partial charge in [-0.05, 0) is 56.3 Å². The number of pyridine rings is 1. The molecule has 152 valence electrons. The van der Waals surface area contributed by atoms with Crippen molar-refractivity contribution in [1.29, 1.82) is 0 Å². The average molecular weight is 410 g/mol. The summed E-state index contributed by atoms with van der Waals surface area (Å²) in [4.78, 5) is 16.5. The minimum atomic E-state index is -0.201. The summed E-state index contributed by atoms with van der Waals surface area (Å²) in [7, 11) is 0. The van der Waals surface area contributed by atoms with E-state index in [0.717, 1.165) is 16.8 Å². The summed E-state index contributed by atoms with van der Waals surface area (Å²) in [6.07, 6.45) is 3.42. The largest absolute Gasteiger partial charge is 0.466 e. The molecule has 0 fully saturated rings. The highest BCUT2D eigenvalue weighted by Gasteiger charge is 2.14. The van der Waals surface area contributed by atoms with Crippen molar-refractivity contribution >= 4 is 17.2 Å². The van der Waals surface area contributed by atoms with Crippen LogP contribution >= 0.6 is 0 Å². The van der Waals surface area contributed by atoms with Crippen LogP contribution in [-0.4, -0.2) is 30.7 Å². The number of furan rings is 1. The summed E-state index contributed by atoms with van der Waals surface area (Å²) in [6.45, 7) is 3.59. The number of hydrogen-bond acceptors (Lipinski definition) is 6. The molecule has 0 atom stereocenters. The van der Waals surface area contributed by atoms with E-state index in [0.29, 0.717) is 34.2 Å². The Kier molecular flexibility index (Phi) is 4.51. The van der Waals surface area contributed by atoms with E-state index in [1.165, 1.54) is 0 Å². The van der Waals surface area contributed by atoms with Gasteiger partial charge in [0.2, 0.25) is 0 Å². The van der Waals surface area contributed by atoms with E-state index in [2.05, 4.69) is 20.5 Å². The van der Waals surface area contributed by atoms with E-state index < -0.39 is 0 Å². The molecular weight excluding hydrogens is 392 g/mol. The zero-order valence-corrected chi connectivity index (χ0v) is 16.9. The molecule has 0 saturated heterocycles. The number of benzene rings is 1. The van der Waals surface area contributed by atoms with Gasteiger partial charge in [-0.2, -0.15) is 9.61 Å². The molecule has 31 heavy (non-hydrogen) atoms. The number of nitrogens with zero attached hydrogens (tertiary/aromatic N) is 5. The topological polar surface area (TPSA) is 98.2 Å². The van der Waals surface area contributed by atoms with E-state index in [-0.39, 0.29) is 5.91 Å². The molecule has 5 rings (SSSR count). The fourth-order valence-electron chi connectivity index (χ4n) is 3.40. The van der Waals surface area contributed by atoms with Crippen molar-refractivity contribution in [3.05, 3.63) is 84.1 Å². The first-order chi connectivity index (χ1) is 15.1. The maximum atomic E-state index is 12.5. The summed E-state index contributed by atoms with van der Waals surface area (Å²) in [5.74, 6) is 1.75. The number of hydrogen-bond donors (Lipinski definition) is 1. The molecule has 0 spiro atoms. The monoisotopic (exact) mass is 410 g/mol. The smallest absolute Gasteiger partial charge is 0.259 e. The molecule has 0 aliphatic rings. The fraction of sp³-hybridized carbons (Fsp3) is 0.0870. The van der Waals surface area contributed by atoms with Crippen LogP contribution in [0.25, 0.3) is 28.3 Å². The molecule has 4 heterocycles. The van der Waals surface area contributed by atoms with Crippen molar-refractivity contribution in [1.82, 2.24) is 24.8 Å². The van der Waals surface area contributed by atoms with Crippen LogP contribution in [0.15, 0.2) is 71.4 Å². The van der Waals surface area contributed by atoms with E-state index in [4.69, 9.17) is 9.52 Å². The number of fused-ring (bicyclic) bond motifs is 1. The lowest BCUT2D eigenvalue weighted by molar-refractivity contribution is 0.102. The van der Waals surface area contributed by atoms with Crippen molar-refractivity contribution in [2.24, 2.45) is 0 Å². The second-order valence-corrected chi connectivity index (χ2v) is 7.11. The van der Waals surface area contributed by atoms with E-state index in [1.807, 2.05) is 55.5 Å². The number of amides is 1. The first kappa shape index (κ1) is 18.7. The van der Waals surface area contributed by atoms with Gasteiger partial charge in [0.25, 0.3) is 5.91 Å². The first-order valence-corrected chi connectivity index (χ1v) is 9.70.